The van der Waals surface area contributed by atoms with Crippen LogP contribution in [-0.4, -0.2) is 33.3 Å². The molecule has 19 heavy (non-hydrogen) atoms. The van der Waals surface area contributed by atoms with Gasteiger partial charge in [-0.3, -0.25) is 0 Å². The predicted molar refractivity (Wildman–Crippen MR) is 71.2 cm³/mol. The van der Waals surface area contributed by atoms with Crippen LogP contribution in [0.5, 0.6) is 0 Å². The van der Waals surface area contributed by atoms with Crippen molar-refractivity contribution < 1.29 is 9.53 Å². The minimum absolute atomic E-state index is 0.386. The molecule has 0 N–H and O–H groups in total. The van der Waals surface area contributed by atoms with E-state index in [1.807, 2.05) is 0 Å². The van der Waals surface area contributed by atoms with Crippen LogP contribution < -0.4 is 0 Å². The maximum absolute atomic E-state index is 11.7. The van der Waals surface area contributed by atoms with Crippen LogP contribution in [0.1, 0.15) is 15.9 Å². The van der Waals surface area contributed by atoms with E-state index in [4.69, 9.17) is 16.3 Å². The van der Waals surface area contributed by atoms with Gasteiger partial charge in [0.25, 0.3) is 0 Å². The molecule has 0 aliphatic rings. The lowest BCUT2D eigenvalue weighted by Crippen LogP contribution is -2.05. The number of carbonyl (C=O) groups excluding carboxylic acids is 1. The molecule has 0 spiro atoms. The standard InChI is InChI=1S/C11H11ClN4O2S/c1-16-11(13-14-15-16)19-6-7-5-8(12)3-4-9(7)10(17)18-2/h3-5H,6H2,1-2H3. The molecule has 1 aromatic heterocycles. The maximum Gasteiger partial charge on any atom is 0.338 e. The van der Waals surface area contributed by atoms with Crippen molar-refractivity contribution in [3.05, 3.63) is 34.3 Å². The molecule has 0 aliphatic carbocycles. The van der Waals surface area contributed by atoms with Crippen molar-refractivity contribution in [1.82, 2.24) is 20.2 Å². The molecule has 0 fully saturated rings. The third-order valence-electron chi connectivity index (χ3n) is 2.41. The van der Waals surface area contributed by atoms with Crippen LogP contribution in [0.2, 0.25) is 5.02 Å². The summed E-state index contributed by atoms with van der Waals surface area (Å²) in [5.74, 6) is 0.141. The highest BCUT2D eigenvalue weighted by atomic mass is 35.5. The third kappa shape index (κ3) is 3.24. The summed E-state index contributed by atoms with van der Waals surface area (Å²) < 4.78 is 6.30. The Kier molecular flexibility index (Phi) is 4.39. The molecule has 6 nitrogen and oxygen atoms in total. The number of esters is 1. The van der Waals surface area contributed by atoms with E-state index < -0.39 is 0 Å². The molecule has 1 heterocycles. The van der Waals surface area contributed by atoms with E-state index in [2.05, 4.69) is 15.5 Å². The first-order valence-electron chi connectivity index (χ1n) is 5.33. The summed E-state index contributed by atoms with van der Waals surface area (Å²) >= 11 is 7.37. The summed E-state index contributed by atoms with van der Waals surface area (Å²) in [6, 6.07) is 5.05. The Balaban J connectivity index is 2.21. The molecular formula is C11H11ClN4O2S. The van der Waals surface area contributed by atoms with E-state index in [-0.39, 0.29) is 5.97 Å². The summed E-state index contributed by atoms with van der Waals surface area (Å²) in [5.41, 5.74) is 1.28. The quantitative estimate of drug-likeness (QED) is 0.634. The number of rotatable bonds is 4. The number of ether oxygens (including phenoxy) is 1. The summed E-state index contributed by atoms with van der Waals surface area (Å²) in [6.45, 7) is 0. The molecule has 0 saturated heterocycles. The minimum Gasteiger partial charge on any atom is -0.465 e. The number of methoxy groups -OCH3 is 1. The van der Waals surface area contributed by atoms with Gasteiger partial charge in [0.2, 0.25) is 5.16 Å². The first-order valence-corrected chi connectivity index (χ1v) is 6.70. The van der Waals surface area contributed by atoms with Gasteiger partial charge in [-0.2, -0.15) is 0 Å². The lowest BCUT2D eigenvalue weighted by Gasteiger charge is -2.07. The van der Waals surface area contributed by atoms with E-state index in [1.54, 1.807) is 29.9 Å². The fourth-order valence-corrected chi connectivity index (χ4v) is 2.51. The fraction of sp³-hybridized carbons (Fsp3) is 0.273. The van der Waals surface area contributed by atoms with Crippen LogP contribution in [0.25, 0.3) is 0 Å². The highest BCUT2D eigenvalue weighted by molar-refractivity contribution is 7.98. The Morgan fingerprint density at radius 1 is 1.53 bits per heavy atom. The van der Waals surface area contributed by atoms with Crippen molar-refractivity contribution in [3.8, 4) is 0 Å². The maximum atomic E-state index is 11.7. The van der Waals surface area contributed by atoms with Gasteiger partial charge in [0.05, 0.1) is 12.7 Å². The Hall–Kier alpha value is -1.60. The molecule has 0 atom stereocenters. The molecule has 2 rings (SSSR count). The third-order valence-corrected chi connectivity index (χ3v) is 3.71. The molecule has 0 saturated carbocycles. The number of aromatic nitrogens is 4. The molecule has 0 radical (unpaired) electrons. The van der Waals surface area contributed by atoms with E-state index >= 15 is 0 Å². The van der Waals surface area contributed by atoms with Gasteiger partial charge in [-0.1, -0.05) is 23.4 Å². The number of hydrogen-bond acceptors (Lipinski definition) is 6. The van der Waals surface area contributed by atoms with Gasteiger partial charge in [-0.05, 0) is 34.2 Å². The number of halogens is 1. The van der Waals surface area contributed by atoms with E-state index in [0.717, 1.165) is 5.56 Å². The Bertz CT molecular complexity index is 602. The van der Waals surface area contributed by atoms with Gasteiger partial charge in [0, 0.05) is 17.8 Å². The molecule has 0 aliphatic heterocycles. The van der Waals surface area contributed by atoms with Crippen molar-refractivity contribution in [2.24, 2.45) is 7.05 Å². The summed E-state index contributed by atoms with van der Waals surface area (Å²) in [4.78, 5) is 11.7. The van der Waals surface area contributed by atoms with Crippen molar-refractivity contribution in [2.75, 3.05) is 7.11 Å². The number of nitrogens with zero attached hydrogens (tertiary/aromatic N) is 4. The van der Waals surface area contributed by atoms with Crippen LogP contribution in [0, 0.1) is 0 Å². The lowest BCUT2D eigenvalue weighted by atomic mass is 10.1. The average Bonchev–Trinajstić information content (AvgIpc) is 2.81. The summed E-state index contributed by atoms with van der Waals surface area (Å²) in [6.07, 6.45) is 0. The van der Waals surface area contributed by atoms with Crippen LogP contribution in [0.4, 0.5) is 0 Å². The average molecular weight is 299 g/mol. The van der Waals surface area contributed by atoms with Gasteiger partial charge in [0.1, 0.15) is 0 Å². The largest absolute Gasteiger partial charge is 0.465 e. The molecule has 2 aromatic rings. The smallest absolute Gasteiger partial charge is 0.338 e. The van der Waals surface area contributed by atoms with Crippen LogP contribution in [0.3, 0.4) is 0 Å². The van der Waals surface area contributed by atoms with E-state index in [0.29, 0.717) is 21.5 Å². The normalized spacial score (nSPS) is 10.5. The Morgan fingerprint density at radius 2 is 2.32 bits per heavy atom. The van der Waals surface area contributed by atoms with Crippen molar-refractivity contribution in [1.29, 1.82) is 0 Å². The molecule has 0 bridgehead atoms. The fourth-order valence-electron chi connectivity index (χ4n) is 1.48. The first-order chi connectivity index (χ1) is 9.11. The highest BCUT2D eigenvalue weighted by Gasteiger charge is 2.13. The van der Waals surface area contributed by atoms with Crippen LogP contribution in [-0.2, 0) is 17.5 Å². The van der Waals surface area contributed by atoms with Crippen LogP contribution in [0.15, 0.2) is 23.4 Å². The number of tetrazole rings is 1. The molecule has 0 amide bonds. The monoisotopic (exact) mass is 298 g/mol. The van der Waals surface area contributed by atoms with Crippen molar-refractivity contribution in [2.45, 2.75) is 10.9 Å². The lowest BCUT2D eigenvalue weighted by molar-refractivity contribution is 0.0600. The number of benzene rings is 1. The Labute approximate surface area is 119 Å². The number of carbonyl (C=O) groups is 1. The molecule has 100 valence electrons. The second kappa shape index (κ2) is 6.03. The van der Waals surface area contributed by atoms with Crippen molar-refractivity contribution in [3.63, 3.8) is 0 Å². The zero-order valence-corrected chi connectivity index (χ0v) is 11.9. The summed E-state index contributed by atoms with van der Waals surface area (Å²) in [5, 5.41) is 12.4. The SMILES string of the molecule is COC(=O)c1ccc(Cl)cc1CSc1nnnn1C. The molecule has 0 unspecified atom stereocenters. The van der Waals surface area contributed by atoms with E-state index in [1.165, 1.54) is 18.9 Å². The Morgan fingerprint density at radius 3 is 2.95 bits per heavy atom. The predicted octanol–water partition coefficient (Wildman–Crippen LogP) is 1.94. The van der Waals surface area contributed by atoms with Gasteiger partial charge < -0.3 is 4.74 Å². The number of aryl methyl sites for hydroxylation is 1. The van der Waals surface area contributed by atoms with Gasteiger partial charge in [0.15, 0.2) is 0 Å². The number of thioether (sulfide) groups is 1. The van der Waals surface area contributed by atoms with E-state index in [9.17, 15) is 4.79 Å². The van der Waals surface area contributed by atoms with Crippen LogP contribution >= 0.6 is 23.4 Å². The summed E-state index contributed by atoms with van der Waals surface area (Å²) in [7, 11) is 3.10. The molecule has 1 aromatic carbocycles. The molecular weight excluding hydrogens is 288 g/mol. The van der Waals surface area contributed by atoms with Gasteiger partial charge >= 0.3 is 5.97 Å². The molecule has 8 heteroatoms. The van der Waals surface area contributed by atoms with Crippen molar-refractivity contribution >= 4 is 29.3 Å². The number of hydrogen-bond donors (Lipinski definition) is 0. The topological polar surface area (TPSA) is 69.9 Å². The highest BCUT2D eigenvalue weighted by Crippen LogP contribution is 2.24. The minimum atomic E-state index is -0.386. The second-order valence-electron chi connectivity index (χ2n) is 3.67. The zero-order valence-electron chi connectivity index (χ0n) is 10.3. The van der Waals surface area contributed by atoms with Gasteiger partial charge in [-0.25, -0.2) is 9.48 Å². The van der Waals surface area contributed by atoms with Gasteiger partial charge in [-0.15, -0.1) is 5.10 Å². The first kappa shape index (κ1) is 13.8. The second-order valence-corrected chi connectivity index (χ2v) is 5.05. The zero-order chi connectivity index (χ0) is 13.8.